The molecule has 5 rings (SSSR count). The Bertz CT molecular complexity index is 1520. The van der Waals surface area contributed by atoms with Crippen LogP contribution in [-0.4, -0.2) is 31.3 Å². The third kappa shape index (κ3) is 7.81. The molecule has 4 aromatic carbocycles. The SMILES string of the molecule is N#Cc1ccc(-c2ccc(OC(=O)c3ccc(OCCCCC4CO4)cc3)cc2C(=O)OCc2ccccc2)cc1. The van der Waals surface area contributed by atoms with Crippen LogP contribution in [-0.2, 0) is 16.1 Å². The van der Waals surface area contributed by atoms with Crippen LogP contribution in [0.25, 0.3) is 11.1 Å². The van der Waals surface area contributed by atoms with Gasteiger partial charge in [0.05, 0.1) is 42.1 Å². The number of carbonyl (C=O) groups excluding carboxylic acids is 2. The lowest BCUT2D eigenvalue weighted by Crippen LogP contribution is -2.11. The predicted molar refractivity (Wildman–Crippen MR) is 153 cm³/mol. The average molecular weight is 548 g/mol. The largest absolute Gasteiger partial charge is 0.494 e. The zero-order valence-electron chi connectivity index (χ0n) is 22.5. The summed E-state index contributed by atoms with van der Waals surface area (Å²) in [5.41, 5.74) is 3.28. The van der Waals surface area contributed by atoms with E-state index in [-0.39, 0.29) is 17.9 Å². The number of carbonyl (C=O) groups is 2. The molecule has 0 amide bonds. The van der Waals surface area contributed by atoms with Gasteiger partial charge in [0.2, 0.25) is 0 Å². The summed E-state index contributed by atoms with van der Waals surface area (Å²) in [4.78, 5) is 26.1. The summed E-state index contributed by atoms with van der Waals surface area (Å²) < 4.78 is 22.2. The molecule has 0 radical (unpaired) electrons. The Morgan fingerprint density at radius 2 is 1.59 bits per heavy atom. The van der Waals surface area contributed by atoms with Crippen LogP contribution in [0.3, 0.4) is 0 Å². The molecule has 0 aromatic heterocycles. The van der Waals surface area contributed by atoms with Crippen molar-refractivity contribution in [1.29, 1.82) is 5.26 Å². The Labute approximate surface area is 238 Å². The molecule has 7 heteroatoms. The second kappa shape index (κ2) is 13.4. The Hall–Kier alpha value is -4.93. The van der Waals surface area contributed by atoms with Gasteiger partial charge in [-0.05, 0) is 90.6 Å². The lowest BCUT2D eigenvalue weighted by molar-refractivity contribution is 0.0472. The van der Waals surface area contributed by atoms with E-state index in [0.717, 1.165) is 37.0 Å². The van der Waals surface area contributed by atoms with Crippen LogP contribution in [0.1, 0.15) is 51.1 Å². The second-order valence-corrected chi connectivity index (χ2v) is 9.67. The van der Waals surface area contributed by atoms with Gasteiger partial charge >= 0.3 is 11.9 Å². The standard InChI is InChI=1S/C34H29NO6/c35-21-24-9-11-26(12-10-24)31-18-17-29(20-32(31)34(37)40-22-25-6-2-1-3-7-25)41-33(36)27-13-15-28(16-14-27)38-19-5-4-8-30-23-39-30/h1-3,6-7,9-18,20,30H,4-5,8,19,22-23H2. The van der Waals surface area contributed by atoms with Crippen LogP contribution in [0.4, 0.5) is 0 Å². The number of esters is 2. The molecule has 1 aliphatic heterocycles. The molecule has 1 unspecified atom stereocenters. The zero-order valence-corrected chi connectivity index (χ0v) is 22.5. The molecule has 1 heterocycles. The number of rotatable bonds is 12. The normalized spacial score (nSPS) is 13.6. The monoisotopic (exact) mass is 547 g/mol. The fourth-order valence-electron chi connectivity index (χ4n) is 4.28. The Morgan fingerprint density at radius 3 is 2.29 bits per heavy atom. The van der Waals surface area contributed by atoms with E-state index in [9.17, 15) is 9.59 Å². The number of epoxide rings is 1. The van der Waals surface area contributed by atoms with Crippen molar-refractivity contribution in [3.63, 3.8) is 0 Å². The highest BCUT2D eigenvalue weighted by molar-refractivity contribution is 5.98. The molecule has 0 N–H and O–H groups in total. The zero-order chi connectivity index (χ0) is 28.4. The van der Waals surface area contributed by atoms with Crippen molar-refractivity contribution in [2.45, 2.75) is 32.0 Å². The minimum absolute atomic E-state index is 0.0971. The lowest BCUT2D eigenvalue weighted by Gasteiger charge is -2.13. The van der Waals surface area contributed by atoms with E-state index in [1.54, 1.807) is 60.7 Å². The Morgan fingerprint density at radius 1 is 0.854 bits per heavy atom. The molecular formula is C34H29NO6. The Balaban J connectivity index is 1.27. The van der Waals surface area contributed by atoms with E-state index in [0.29, 0.717) is 35.2 Å². The molecular weight excluding hydrogens is 518 g/mol. The average Bonchev–Trinajstić information content (AvgIpc) is 3.85. The van der Waals surface area contributed by atoms with Gasteiger partial charge < -0.3 is 18.9 Å². The van der Waals surface area contributed by atoms with Crippen molar-refractivity contribution in [3.05, 3.63) is 119 Å². The molecule has 1 saturated heterocycles. The molecule has 7 nitrogen and oxygen atoms in total. The molecule has 0 aliphatic carbocycles. The molecule has 0 bridgehead atoms. The van der Waals surface area contributed by atoms with Gasteiger partial charge in [-0.3, -0.25) is 0 Å². The number of hydrogen-bond acceptors (Lipinski definition) is 7. The van der Waals surface area contributed by atoms with Crippen LogP contribution >= 0.6 is 0 Å². The number of nitrogens with zero attached hydrogens (tertiary/aromatic N) is 1. The molecule has 1 aliphatic rings. The molecule has 41 heavy (non-hydrogen) atoms. The highest BCUT2D eigenvalue weighted by Gasteiger charge is 2.21. The summed E-state index contributed by atoms with van der Waals surface area (Å²) in [7, 11) is 0. The molecule has 1 fully saturated rings. The molecule has 4 aromatic rings. The maximum atomic E-state index is 13.2. The van der Waals surface area contributed by atoms with Gasteiger partial charge in [-0.2, -0.15) is 5.26 Å². The summed E-state index contributed by atoms with van der Waals surface area (Å²) in [6, 6.07) is 30.0. The summed E-state index contributed by atoms with van der Waals surface area (Å²) in [6.45, 7) is 1.57. The van der Waals surface area contributed by atoms with Gasteiger partial charge in [-0.25, -0.2) is 9.59 Å². The highest BCUT2D eigenvalue weighted by Crippen LogP contribution is 2.29. The summed E-state index contributed by atoms with van der Waals surface area (Å²) in [6.07, 6.45) is 3.50. The molecule has 0 spiro atoms. The minimum atomic E-state index is -0.560. The van der Waals surface area contributed by atoms with Crippen molar-refractivity contribution < 1.29 is 28.5 Å². The van der Waals surface area contributed by atoms with Gasteiger partial charge in [0.15, 0.2) is 0 Å². The van der Waals surface area contributed by atoms with E-state index >= 15 is 0 Å². The fourth-order valence-corrected chi connectivity index (χ4v) is 4.28. The first-order valence-corrected chi connectivity index (χ1v) is 13.5. The summed E-state index contributed by atoms with van der Waals surface area (Å²) in [5.74, 6) is -0.230. The van der Waals surface area contributed by atoms with Gasteiger partial charge in [0, 0.05) is 0 Å². The lowest BCUT2D eigenvalue weighted by atomic mass is 9.98. The first-order valence-electron chi connectivity index (χ1n) is 13.5. The van der Waals surface area contributed by atoms with Crippen LogP contribution in [0.5, 0.6) is 11.5 Å². The van der Waals surface area contributed by atoms with Crippen LogP contribution < -0.4 is 9.47 Å². The fraction of sp³-hybridized carbons (Fsp3) is 0.206. The molecule has 0 saturated carbocycles. The van der Waals surface area contributed by atoms with E-state index < -0.39 is 11.9 Å². The third-order valence-corrected chi connectivity index (χ3v) is 6.64. The van der Waals surface area contributed by atoms with Crippen LogP contribution in [0, 0.1) is 11.3 Å². The van der Waals surface area contributed by atoms with Crippen molar-refractivity contribution in [2.75, 3.05) is 13.2 Å². The smallest absolute Gasteiger partial charge is 0.343 e. The molecule has 1 atom stereocenters. The Kier molecular flexibility index (Phi) is 9.05. The second-order valence-electron chi connectivity index (χ2n) is 9.67. The topological polar surface area (TPSA) is 98.1 Å². The van der Waals surface area contributed by atoms with Crippen molar-refractivity contribution in [2.24, 2.45) is 0 Å². The highest BCUT2D eigenvalue weighted by atomic mass is 16.6. The van der Waals surface area contributed by atoms with Crippen molar-refractivity contribution in [1.82, 2.24) is 0 Å². The maximum Gasteiger partial charge on any atom is 0.343 e. The number of hydrogen-bond donors (Lipinski definition) is 0. The summed E-state index contributed by atoms with van der Waals surface area (Å²) >= 11 is 0. The van der Waals surface area contributed by atoms with E-state index in [1.807, 2.05) is 30.3 Å². The van der Waals surface area contributed by atoms with Crippen LogP contribution in [0.15, 0.2) is 97.1 Å². The van der Waals surface area contributed by atoms with Gasteiger partial charge in [0.1, 0.15) is 18.1 Å². The first-order chi connectivity index (χ1) is 20.1. The van der Waals surface area contributed by atoms with Gasteiger partial charge in [-0.1, -0.05) is 42.5 Å². The quantitative estimate of drug-likeness (QED) is 0.0837. The maximum absolute atomic E-state index is 13.2. The number of nitriles is 1. The van der Waals surface area contributed by atoms with E-state index in [1.165, 1.54) is 6.07 Å². The minimum Gasteiger partial charge on any atom is -0.494 e. The van der Waals surface area contributed by atoms with Crippen molar-refractivity contribution >= 4 is 11.9 Å². The molecule has 206 valence electrons. The first kappa shape index (κ1) is 27.6. The van der Waals surface area contributed by atoms with Gasteiger partial charge in [-0.15, -0.1) is 0 Å². The van der Waals surface area contributed by atoms with E-state index in [2.05, 4.69) is 6.07 Å². The predicted octanol–water partition coefficient (Wildman–Crippen LogP) is 6.75. The van der Waals surface area contributed by atoms with Crippen LogP contribution in [0.2, 0.25) is 0 Å². The third-order valence-electron chi connectivity index (χ3n) is 6.64. The van der Waals surface area contributed by atoms with Gasteiger partial charge in [0.25, 0.3) is 0 Å². The number of ether oxygens (including phenoxy) is 4. The number of unbranched alkanes of at least 4 members (excludes halogenated alkanes) is 1. The van der Waals surface area contributed by atoms with E-state index in [4.69, 9.17) is 24.2 Å². The number of benzene rings is 4. The van der Waals surface area contributed by atoms with Crippen molar-refractivity contribution in [3.8, 4) is 28.7 Å². The summed E-state index contributed by atoms with van der Waals surface area (Å²) in [5, 5.41) is 9.14.